The Balaban J connectivity index is 0.00000392. The summed E-state index contributed by atoms with van der Waals surface area (Å²) < 4.78 is 10.9. The number of carbonyl (C=O) groups excluding carboxylic acids is 1. The molecule has 1 amide bonds. The van der Waals surface area contributed by atoms with Crippen LogP contribution in [0.5, 0.6) is 11.5 Å². The Morgan fingerprint density at radius 2 is 2.04 bits per heavy atom. The van der Waals surface area contributed by atoms with E-state index in [4.69, 9.17) is 9.47 Å². The van der Waals surface area contributed by atoms with Crippen molar-refractivity contribution in [1.82, 2.24) is 10.2 Å². The van der Waals surface area contributed by atoms with Crippen molar-refractivity contribution < 1.29 is 14.3 Å². The van der Waals surface area contributed by atoms with Gasteiger partial charge >= 0.3 is 0 Å². The lowest BCUT2D eigenvalue weighted by Gasteiger charge is -2.15. The number of halogens is 1. The number of hydrogen-bond donors (Lipinski definition) is 2. The standard InChI is InChI=1S/C19H26N4O3S.HI/c1-5-26-16-9-8-14(11-17(16)25-4)22-19(21-13-18(24)23(2)3)20-12-15-7-6-10-27-15;/h6-11H,5,12-13H2,1-4H3,(H2,20,21,22);1H. The molecule has 1 aromatic heterocycles. The van der Waals surface area contributed by atoms with E-state index >= 15 is 0 Å². The molecule has 2 N–H and O–H groups in total. The Labute approximate surface area is 187 Å². The van der Waals surface area contributed by atoms with Gasteiger partial charge in [0.25, 0.3) is 0 Å². The molecule has 0 bridgehead atoms. The zero-order valence-electron chi connectivity index (χ0n) is 16.5. The monoisotopic (exact) mass is 518 g/mol. The average molecular weight is 518 g/mol. The lowest BCUT2D eigenvalue weighted by atomic mass is 10.2. The van der Waals surface area contributed by atoms with Gasteiger partial charge < -0.3 is 25.0 Å². The van der Waals surface area contributed by atoms with Crippen LogP contribution in [0.3, 0.4) is 0 Å². The Hall–Kier alpha value is -2.01. The molecule has 0 aliphatic carbocycles. The fraction of sp³-hybridized carbons (Fsp3) is 0.368. The van der Waals surface area contributed by atoms with E-state index in [0.29, 0.717) is 30.6 Å². The Morgan fingerprint density at radius 1 is 1.25 bits per heavy atom. The van der Waals surface area contributed by atoms with E-state index in [2.05, 4.69) is 15.6 Å². The van der Waals surface area contributed by atoms with Gasteiger partial charge in [0.15, 0.2) is 17.5 Å². The highest BCUT2D eigenvalue weighted by Gasteiger charge is 2.09. The fourth-order valence-electron chi connectivity index (χ4n) is 2.17. The number of methoxy groups -OCH3 is 1. The van der Waals surface area contributed by atoms with E-state index in [-0.39, 0.29) is 36.4 Å². The van der Waals surface area contributed by atoms with Crippen molar-refractivity contribution in [2.24, 2.45) is 4.99 Å². The largest absolute Gasteiger partial charge is 0.493 e. The molecule has 0 aliphatic heterocycles. The van der Waals surface area contributed by atoms with Crippen LogP contribution in [0.1, 0.15) is 11.8 Å². The van der Waals surface area contributed by atoms with Gasteiger partial charge in [-0.1, -0.05) is 6.07 Å². The number of aliphatic imine (C=N–C) groups is 1. The third-order valence-corrected chi connectivity index (χ3v) is 4.48. The van der Waals surface area contributed by atoms with Gasteiger partial charge in [0.05, 0.1) is 20.3 Å². The van der Waals surface area contributed by atoms with Crippen molar-refractivity contribution in [2.45, 2.75) is 13.5 Å². The van der Waals surface area contributed by atoms with E-state index in [9.17, 15) is 4.79 Å². The molecule has 2 rings (SSSR count). The van der Waals surface area contributed by atoms with Crippen LogP contribution in [-0.4, -0.2) is 51.1 Å². The molecule has 28 heavy (non-hydrogen) atoms. The topological polar surface area (TPSA) is 75.2 Å². The number of hydrogen-bond acceptors (Lipinski definition) is 5. The first-order chi connectivity index (χ1) is 13.0. The number of guanidine groups is 1. The number of rotatable bonds is 8. The van der Waals surface area contributed by atoms with Crippen LogP contribution in [0.2, 0.25) is 0 Å². The molecule has 9 heteroatoms. The molecule has 0 fully saturated rings. The van der Waals surface area contributed by atoms with E-state index in [1.54, 1.807) is 32.5 Å². The van der Waals surface area contributed by atoms with Crippen LogP contribution in [0.4, 0.5) is 5.69 Å². The van der Waals surface area contributed by atoms with Crippen LogP contribution in [0.15, 0.2) is 40.7 Å². The molecule has 0 saturated heterocycles. The van der Waals surface area contributed by atoms with Crippen LogP contribution in [0, 0.1) is 0 Å². The average Bonchev–Trinajstić information content (AvgIpc) is 3.18. The van der Waals surface area contributed by atoms with Crippen LogP contribution >= 0.6 is 35.3 Å². The van der Waals surface area contributed by atoms with Crippen molar-refractivity contribution in [2.75, 3.05) is 39.7 Å². The summed E-state index contributed by atoms with van der Waals surface area (Å²) in [4.78, 5) is 19.0. The Morgan fingerprint density at radius 3 is 2.64 bits per heavy atom. The summed E-state index contributed by atoms with van der Waals surface area (Å²) in [6.07, 6.45) is 0. The molecule has 2 aromatic rings. The van der Waals surface area contributed by atoms with E-state index in [0.717, 1.165) is 5.69 Å². The quantitative estimate of drug-likeness (QED) is 0.318. The summed E-state index contributed by atoms with van der Waals surface area (Å²) in [6, 6.07) is 9.59. The first kappa shape index (κ1) is 24.0. The maximum absolute atomic E-state index is 11.9. The number of nitrogens with one attached hydrogen (secondary N) is 2. The van der Waals surface area contributed by atoms with Gasteiger partial charge in [-0.25, -0.2) is 4.99 Å². The second-order valence-corrected chi connectivity index (χ2v) is 6.84. The molecule has 0 aliphatic rings. The lowest BCUT2D eigenvalue weighted by molar-refractivity contribution is -0.127. The number of thiophene rings is 1. The summed E-state index contributed by atoms with van der Waals surface area (Å²) in [7, 11) is 5.02. The molecule has 1 heterocycles. The number of anilines is 1. The minimum atomic E-state index is -0.0727. The number of nitrogens with zero attached hydrogens (tertiary/aromatic N) is 2. The van der Waals surface area contributed by atoms with Gasteiger partial charge in [-0.05, 0) is 30.5 Å². The van der Waals surface area contributed by atoms with Crippen molar-refractivity contribution in [3.05, 3.63) is 40.6 Å². The zero-order valence-corrected chi connectivity index (χ0v) is 19.7. The highest BCUT2D eigenvalue weighted by molar-refractivity contribution is 14.0. The minimum Gasteiger partial charge on any atom is -0.493 e. The van der Waals surface area contributed by atoms with Gasteiger partial charge in [0.2, 0.25) is 5.91 Å². The van der Waals surface area contributed by atoms with Crippen molar-refractivity contribution >= 4 is 52.9 Å². The second-order valence-electron chi connectivity index (χ2n) is 5.81. The molecule has 0 radical (unpaired) electrons. The summed E-state index contributed by atoms with van der Waals surface area (Å²) in [6.45, 7) is 3.16. The molecule has 0 spiro atoms. The molecule has 0 unspecified atom stereocenters. The van der Waals surface area contributed by atoms with Crippen molar-refractivity contribution in [1.29, 1.82) is 0 Å². The van der Waals surface area contributed by atoms with Gasteiger partial charge in [-0.15, -0.1) is 35.3 Å². The van der Waals surface area contributed by atoms with Crippen molar-refractivity contribution in [3.8, 4) is 11.5 Å². The second kappa shape index (κ2) is 12.4. The predicted molar refractivity (Wildman–Crippen MR) is 125 cm³/mol. The van der Waals surface area contributed by atoms with Gasteiger partial charge in [0, 0.05) is 30.7 Å². The first-order valence-corrected chi connectivity index (χ1v) is 9.50. The highest BCUT2D eigenvalue weighted by Crippen LogP contribution is 2.30. The molecular formula is C19H27IN4O3S. The number of ether oxygens (including phenoxy) is 2. The van der Waals surface area contributed by atoms with Crippen LogP contribution in [-0.2, 0) is 11.3 Å². The summed E-state index contributed by atoms with van der Waals surface area (Å²) in [5.74, 6) is 1.75. The number of benzene rings is 1. The third-order valence-electron chi connectivity index (χ3n) is 3.61. The number of carbonyl (C=O) groups is 1. The fourth-order valence-corrected chi connectivity index (χ4v) is 2.81. The predicted octanol–water partition coefficient (Wildman–Crippen LogP) is 3.42. The normalized spacial score (nSPS) is 10.6. The number of amides is 1. The Bertz CT molecular complexity index is 767. The summed E-state index contributed by atoms with van der Waals surface area (Å²) >= 11 is 1.66. The SMILES string of the molecule is CCOc1ccc(NC(=NCC(=O)N(C)C)NCc2cccs2)cc1OC.I. The van der Waals surface area contributed by atoms with Crippen molar-refractivity contribution in [3.63, 3.8) is 0 Å². The Kier molecular flexibility index (Phi) is 10.7. The highest BCUT2D eigenvalue weighted by atomic mass is 127. The molecule has 1 aromatic carbocycles. The summed E-state index contributed by atoms with van der Waals surface area (Å²) in [5, 5.41) is 8.49. The van der Waals surface area contributed by atoms with Crippen LogP contribution < -0.4 is 20.1 Å². The first-order valence-electron chi connectivity index (χ1n) is 8.62. The number of likely N-dealkylation sites (N-methyl/N-ethyl adjacent to an activating group) is 1. The van der Waals surface area contributed by atoms with Gasteiger partial charge in [-0.3, -0.25) is 4.79 Å². The maximum atomic E-state index is 11.9. The lowest BCUT2D eigenvalue weighted by Crippen LogP contribution is -2.32. The zero-order chi connectivity index (χ0) is 19.6. The maximum Gasteiger partial charge on any atom is 0.243 e. The molecule has 0 saturated carbocycles. The van der Waals surface area contributed by atoms with Crippen LogP contribution in [0.25, 0.3) is 0 Å². The van der Waals surface area contributed by atoms with Gasteiger partial charge in [-0.2, -0.15) is 0 Å². The minimum absolute atomic E-state index is 0. The van der Waals surface area contributed by atoms with E-state index in [1.165, 1.54) is 9.78 Å². The van der Waals surface area contributed by atoms with E-state index < -0.39 is 0 Å². The third kappa shape index (κ3) is 7.55. The molecule has 7 nitrogen and oxygen atoms in total. The smallest absolute Gasteiger partial charge is 0.243 e. The molecular weight excluding hydrogens is 491 g/mol. The van der Waals surface area contributed by atoms with Gasteiger partial charge in [0.1, 0.15) is 6.54 Å². The molecule has 0 atom stereocenters. The molecule has 154 valence electrons. The van der Waals surface area contributed by atoms with E-state index in [1.807, 2.05) is 42.6 Å². The summed E-state index contributed by atoms with van der Waals surface area (Å²) in [5.41, 5.74) is 0.782.